The Bertz CT molecular complexity index is 3360. The Balaban J connectivity index is 0.000000195. The molecule has 2 aromatic carbocycles. The van der Waals surface area contributed by atoms with Crippen molar-refractivity contribution >= 4 is 78.3 Å². The van der Waals surface area contributed by atoms with Gasteiger partial charge in [0, 0.05) is 52.6 Å². The lowest BCUT2D eigenvalue weighted by atomic mass is 9.82. The third-order valence-corrected chi connectivity index (χ3v) is 34.5. The molecular formula is C72H110Cl2N8O10Si4. The van der Waals surface area contributed by atoms with Gasteiger partial charge in [0.25, 0.3) is 0 Å². The molecule has 6 aliphatic rings. The maximum atomic E-state index is 6.88. The molecule has 0 bridgehead atoms. The van der Waals surface area contributed by atoms with Gasteiger partial charge in [-0.1, -0.05) is 153 Å². The fraction of sp³-hybridized carbons (Fsp3) is 0.667. The van der Waals surface area contributed by atoms with E-state index in [1.165, 1.54) is 11.1 Å². The van der Waals surface area contributed by atoms with Crippen LogP contribution >= 0.6 is 23.2 Å². The molecule has 24 heteroatoms. The Morgan fingerprint density at radius 1 is 0.469 bits per heavy atom. The molecule has 6 aromatic rings. The first-order chi connectivity index (χ1) is 45.2. The second-order valence-electron chi connectivity index (χ2n) is 33.5. The minimum Gasteiger partial charge on any atom is -0.456 e. The Labute approximate surface area is 584 Å². The Morgan fingerprint density at radius 2 is 0.792 bits per heavy atom. The normalized spacial score (nSPS) is 26.7. The highest BCUT2D eigenvalue weighted by molar-refractivity contribution is 6.76. The van der Waals surface area contributed by atoms with Crippen molar-refractivity contribution < 1.29 is 46.7 Å². The zero-order valence-electron chi connectivity index (χ0n) is 60.1. The van der Waals surface area contributed by atoms with Gasteiger partial charge in [0.15, 0.2) is 40.1 Å². The molecule has 0 spiro atoms. The highest BCUT2D eigenvalue weighted by atomic mass is 35.5. The summed E-state index contributed by atoms with van der Waals surface area (Å²) in [6, 6.07) is 24.8. The number of rotatable bonds is 22. The third kappa shape index (κ3) is 17.3. The Morgan fingerprint density at radius 3 is 1.11 bits per heavy atom. The van der Waals surface area contributed by atoms with Crippen molar-refractivity contribution in [1.29, 1.82) is 0 Å². The van der Waals surface area contributed by atoms with Crippen LogP contribution in [0.2, 0.25) is 97.7 Å². The van der Waals surface area contributed by atoms with Gasteiger partial charge < -0.3 is 58.2 Å². The van der Waals surface area contributed by atoms with Crippen molar-refractivity contribution in [2.75, 3.05) is 39.6 Å². The fourth-order valence-corrected chi connectivity index (χ4v) is 17.9. The van der Waals surface area contributed by atoms with Crippen molar-refractivity contribution in [2.45, 2.75) is 267 Å². The summed E-state index contributed by atoms with van der Waals surface area (Å²) in [6.07, 6.45) is 7.11. The van der Waals surface area contributed by atoms with E-state index >= 15 is 0 Å². The quantitative estimate of drug-likeness (QED) is 0.0479. The van der Waals surface area contributed by atoms with Crippen LogP contribution in [0.4, 0.5) is 0 Å². The summed E-state index contributed by atoms with van der Waals surface area (Å²) in [4.78, 5) is 19.9. The van der Waals surface area contributed by atoms with Crippen molar-refractivity contribution in [3.05, 3.63) is 81.8 Å². The summed E-state index contributed by atoms with van der Waals surface area (Å²) in [7, 11) is -6.54. The van der Waals surface area contributed by atoms with Crippen molar-refractivity contribution in [3.8, 4) is 34.5 Å². The van der Waals surface area contributed by atoms with Gasteiger partial charge in [-0.3, -0.25) is 9.13 Å². The molecule has 0 radical (unpaired) electrons. The predicted molar refractivity (Wildman–Crippen MR) is 394 cm³/mol. The molecule has 2 aliphatic carbocycles. The minimum atomic E-state index is -2.00. The number of nitrogens with two attached hydrogens (primary N) is 2. The molecule has 0 amide bonds. The predicted octanol–water partition coefficient (Wildman–Crippen LogP) is 16.0. The van der Waals surface area contributed by atoms with E-state index in [9.17, 15) is 0 Å². The number of benzene rings is 2. The van der Waals surface area contributed by atoms with E-state index in [2.05, 4.69) is 156 Å². The van der Waals surface area contributed by atoms with Crippen LogP contribution in [0.15, 0.2) is 60.7 Å². The molecule has 18 nitrogen and oxygen atoms in total. The van der Waals surface area contributed by atoms with E-state index in [0.29, 0.717) is 119 Å². The first-order valence-electron chi connectivity index (χ1n) is 35.4. The molecule has 96 heavy (non-hydrogen) atoms. The van der Waals surface area contributed by atoms with Gasteiger partial charge in [-0.15, -0.1) is 0 Å². The van der Waals surface area contributed by atoms with Gasteiger partial charge in [-0.25, -0.2) is 9.97 Å². The lowest BCUT2D eigenvalue weighted by Crippen LogP contribution is -2.47. The SMILES string of the molecule is CC(C)(C)[Si](C)(C)O[C@@H]1CO[C@H]2[C@@H]1OC[C@H]2Oc1nc2cc(Cl)c(-c3ccc(C4CCC(N)CC4)cc3)nc2n1COCC[Si](C)(C)C.CC(C)(C)[Si](C)(C)O[C@@H]1CO[C@H]2[C@@H]1OC[C@H]2Oc1nc2cc(Cl)c(-c3ccc(C4CCC(N)CC4)cc3)nc2n1COCC[Si](C)(C)C. The van der Waals surface area contributed by atoms with Gasteiger partial charge in [0.2, 0.25) is 0 Å². The smallest absolute Gasteiger partial charge is 0.301 e. The van der Waals surface area contributed by atoms with Gasteiger partial charge in [-0.05, 0) is 135 Å². The number of hydrogen-bond acceptors (Lipinski definition) is 16. The van der Waals surface area contributed by atoms with E-state index in [1.54, 1.807) is 0 Å². The maximum Gasteiger partial charge on any atom is 0.301 e. The third-order valence-electron chi connectivity index (χ3n) is 21.5. The molecule has 6 fully saturated rings. The summed E-state index contributed by atoms with van der Waals surface area (Å²) < 4.78 is 68.1. The summed E-state index contributed by atoms with van der Waals surface area (Å²) >= 11 is 13.8. The van der Waals surface area contributed by atoms with E-state index in [-0.39, 0.29) is 72.4 Å². The number of fused-ring (bicyclic) bond motifs is 4. The molecular weight excluding hydrogens is 1320 g/mol. The number of imidazole rings is 2. The number of ether oxygens (including phenoxy) is 8. The van der Waals surface area contributed by atoms with E-state index < -0.39 is 32.8 Å². The number of halogens is 2. The van der Waals surface area contributed by atoms with Gasteiger partial charge in [-0.2, -0.15) is 9.97 Å². The van der Waals surface area contributed by atoms with Crippen molar-refractivity contribution in [1.82, 2.24) is 29.1 Å². The average Bonchev–Trinajstić information content (AvgIpc) is 1.61. The van der Waals surface area contributed by atoms with Crippen LogP contribution in [0.25, 0.3) is 44.8 Å². The average molecular weight is 1430 g/mol. The minimum absolute atomic E-state index is 0.0964. The van der Waals surface area contributed by atoms with Crippen LogP contribution in [0.3, 0.4) is 0 Å². The summed E-state index contributed by atoms with van der Waals surface area (Å²) in [5.74, 6) is 1.10. The molecule has 4 aliphatic heterocycles. The standard InChI is InChI=1S/2C36H55ClN4O5Si2/c2*1-36(2,3)48(7,8)46-30-21-44-32-29(20-43-33(30)32)45-35-39-28-19-27(37)31(40-34(28)41(35)22-42-17-18-47(4,5)6)25-11-9-23(10-12-25)24-13-15-26(38)16-14-24/h2*9-12,19,24,26,29-30,32-33H,13-18,20-22,38H2,1-8H3/t2*24?,26?,29-,30-,32-,33-/m11/s1. The monoisotopic (exact) mass is 1430 g/mol. The van der Waals surface area contributed by atoms with E-state index in [4.69, 9.17) is 101 Å². The fourth-order valence-electron chi connectivity index (χ4n) is 13.3. The van der Waals surface area contributed by atoms with Crippen molar-refractivity contribution in [2.24, 2.45) is 11.5 Å². The highest BCUT2D eigenvalue weighted by Gasteiger charge is 2.54. The van der Waals surface area contributed by atoms with Crippen molar-refractivity contribution in [3.63, 3.8) is 0 Å². The highest BCUT2D eigenvalue weighted by Crippen LogP contribution is 2.44. The molecule has 528 valence electrons. The zero-order chi connectivity index (χ0) is 68.9. The van der Waals surface area contributed by atoms with Crippen LogP contribution in [0, 0.1) is 0 Å². The van der Waals surface area contributed by atoms with Gasteiger partial charge in [0.1, 0.15) is 48.9 Å². The lowest BCUT2D eigenvalue weighted by Gasteiger charge is -2.39. The number of pyridine rings is 2. The summed E-state index contributed by atoms with van der Waals surface area (Å²) in [5, 5.41) is 1.28. The van der Waals surface area contributed by atoms with Crippen LogP contribution in [0.5, 0.6) is 12.0 Å². The Kier molecular flexibility index (Phi) is 22.8. The first-order valence-corrected chi connectivity index (χ1v) is 49.3. The number of aromatic nitrogens is 6. The van der Waals surface area contributed by atoms with Crippen LogP contribution < -0.4 is 20.9 Å². The van der Waals surface area contributed by atoms with Crippen LogP contribution in [0.1, 0.15) is 116 Å². The zero-order valence-corrected chi connectivity index (χ0v) is 65.6. The molecule has 2 saturated carbocycles. The molecule has 4 saturated heterocycles. The first kappa shape index (κ1) is 73.5. The maximum absolute atomic E-state index is 6.88. The lowest BCUT2D eigenvalue weighted by molar-refractivity contribution is 0.00684. The second kappa shape index (κ2) is 29.7. The molecule has 0 unspecified atom stereocenters. The van der Waals surface area contributed by atoms with E-state index in [1.807, 2.05) is 21.3 Å². The Hall–Kier alpha value is -3.67. The summed E-state index contributed by atoms with van der Waals surface area (Å²) in [5.41, 5.74) is 21.0. The molecule has 8 atom stereocenters. The van der Waals surface area contributed by atoms with Gasteiger partial charge >= 0.3 is 12.0 Å². The second-order valence-corrected chi connectivity index (χ2v) is 55.0. The number of hydrogen-bond donors (Lipinski definition) is 2. The summed E-state index contributed by atoms with van der Waals surface area (Å²) in [6.45, 7) is 40.3. The molecule has 12 rings (SSSR count). The number of nitrogens with zero attached hydrogens (tertiary/aromatic N) is 6. The molecule has 8 heterocycles. The topological polar surface area (TPSA) is 206 Å². The molecule has 4 N–H and O–H groups in total. The van der Waals surface area contributed by atoms with Gasteiger partial charge in [0.05, 0.1) is 60.1 Å². The molecule has 4 aromatic heterocycles. The largest absolute Gasteiger partial charge is 0.456 e. The van der Waals surface area contributed by atoms with Crippen LogP contribution in [-0.2, 0) is 50.7 Å². The van der Waals surface area contributed by atoms with Crippen LogP contribution in [-0.4, -0.2) is 162 Å². The van der Waals surface area contributed by atoms with E-state index in [0.717, 1.165) is 74.6 Å².